The van der Waals surface area contributed by atoms with E-state index in [9.17, 15) is 9.59 Å². The lowest BCUT2D eigenvalue weighted by Crippen LogP contribution is -2.29. The van der Waals surface area contributed by atoms with Gasteiger partial charge in [0, 0.05) is 18.5 Å². The fourth-order valence-corrected chi connectivity index (χ4v) is 2.83. The molecule has 28 heavy (non-hydrogen) atoms. The Morgan fingerprint density at radius 2 is 2.00 bits per heavy atom. The van der Waals surface area contributed by atoms with Gasteiger partial charge in [0.2, 0.25) is 0 Å². The molecule has 0 fully saturated rings. The second kappa shape index (κ2) is 7.36. The molecule has 8 nitrogen and oxygen atoms in total. The molecule has 2 N–H and O–H groups in total. The summed E-state index contributed by atoms with van der Waals surface area (Å²) >= 11 is 0. The minimum Gasteiger partial charge on any atom is -0.407 e. The van der Waals surface area contributed by atoms with Crippen LogP contribution in [0.5, 0.6) is 0 Å². The largest absolute Gasteiger partial charge is 0.424 e. The molecule has 0 unspecified atom stereocenters. The van der Waals surface area contributed by atoms with Gasteiger partial charge in [-0.15, -0.1) is 0 Å². The second-order valence-electron chi connectivity index (χ2n) is 6.20. The molecule has 0 atom stereocenters. The first-order valence-electron chi connectivity index (χ1n) is 8.63. The first-order valence-corrected chi connectivity index (χ1v) is 8.63. The van der Waals surface area contributed by atoms with Crippen molar-refractivity contribution in [2.45, 2.75) is 13.5 Å². The van der Waals surface area contributed by atoms with Gasteiger partial charge in [0.15, 0.2) is 5.58 Å². The van der Waals surface area contributed by atoms with E-state index >= 15 is 0 Å². The number of hydrogen-bond acceptors (Lipinski definition) is 5. The zero-order chi connectivity index (χ0) is 19.5. The van der Waals surface area contributed by atoms with Gasteiger partial charge in [0.1, 0.15) is 5.82 Å². The molecule has 0 spiro atoms. The lowest BCUT2D eigenvalue weighted by Gasteiger charge is -2.08. The Hall–Kier alpha value is -3.94. The van der Waals surface area contributed by atoms with Crippen molar-refractivity contribution in [2.75, 3.05) is 5.32 Å². The van der Waals surface area contributed by atoms with E-state index in [2.05, 4.69) is 20.6 Å². The molecule has 0 saturated heterocycles. The number of oxazole rings is 1. The quantitative estimate of drug-likeness (QED) is 0.571. The summed E-state index contributed by atoms with van der Waals surface area (Å²) in [5.74, 6) is -0.193. The molecule has 4 aromatic rings. The highest BCUT2D eigenvalue weighted by molar-refractivity contribution is 5.88. The average molecular weight is 375 g/mol. The summed E-state index contributed by atoms with van der Waals surface area (Å²) in [7, 11) is 0. The summed E-state index contributed by atoms with van der Waals surface area (Å²) < 4.78 is 6.76. The molecule has 0 aliphatic rings. The number of carbonyl (C=O) groups is 1. The minimum atomic E-state index is -0.502. The Labute approximate surface area is 159 Å². The normalized spacial score (nSPS) is 10.8. The number of anilines is 1. The number of aromatic nitrogens is 3. The fourth-order valence-electron chi connectivity index (χ4n) is 2.83. The van der Waals surface area contributed by atoms with Gasteiger partial charge in [-0.05, 0) is 42.8 Å². The summed E-state index contributed by atoms with van der Waals surface area (Å²) in [5, 5.41) is 5.37. The van der Waals surface area contributed by atoms with Gasteiger partial charge < -0.3 is 9.73 Å². The SMILES string of the molecule is Cc1ccc2c(c1)oc(=O)n2-c1ccnc(NC(=O)NCc2ccccn2)c1. The highest BCUT2D eigenvalue weighted by Gasteiger charge is 2.12. The number of rotatable bonds is 4. The number of pyridine rings is 2. The summed E-state index contributed by atoms with van der Waals surface area (Å²) in [6.07, 6.45) is 3.18. The zero-order valence-corrected chi connectivity index (χ0v) is 15.0. The van der Waals surface area contributed by atoms with E-state index in [1.807, 2.05) is 37.3 Å². The highest BCUT2D eigenvalue weighted by atomic mass is 16.4. The van der Waals surface area contributed by atoms with Crippen LogP contribution in [0, 0.1) is 6.92 Å². The van der Waals surface area contributed by atoms with Crippen molar-refractivity contribution < 1.29 is 9.21 Å². The van der Waals surface area contributed by atoms with E-state index in [0.717, 1.165) is 11.3 Å². The molecule has 140 valence electrons. The van der Waals surface area contributed by atoms with Crippen LogP contribution in [0.1, 0.15) is 11.3 Å². The number of aryl methyl sites for hydroxylation is 1. The first kappa shape index (κ1) is 17.5. The maximum atomic E-state index is 12.3. The second-order valence-corrected chi connectivity index (χ2v) is 6.20. The van der Waals surface area contributed by atoms with Crippen LogP contribution in [-0.4, -0.2) is 20.6 Å². The fraction of sp³-hybridized carbons (Fsp3) is 0.100. The molecule has 8 heteroatoms. The van der Waals surface area contributed by atoms with E-state index in [-0.39, 0.29) is 6.54 Å². The number of fused-ring (bicyclic) bond motifs is 1. The molecular formula is C20H17N5O3. The van der Waals surface area contributed by atoms with Crippen molar-refractivity contribution in [1.29, 1.82) is 0 Å². The lowest BCUT2D eigenvalue weighted by molar-refractivity contribution is 0.251. The number of carbonyl (C=O) groups excluding carboxylic acids is 1. The Balaban J connectivity index is 1.54. The van der Waals surface area contributed by atoms with Gasteiger partial charge >= 0.3 is 11.8 Å². The molecule has 2 amide bonds. The van der Waals surface area contributed by atoms with Gasteiger partial charge in [-0.25, -0.2) is 19.1 Å². The van der Waals surface area contributed by atoms with E-state index in [1.165, 1.54) is 10.8 Å². The van der Waals surface area contributed by atoms with E-state index in [0.29, 0.717) is 22.6 Å². The van der Waals surface area contributed by atoms with Gasteiger partial charge in [0.05, 0.1) is 23.4 Å². The molecule has 1 aromatic carbocycles. The Morgan fingerprint density at radius 1 is 1.11 bits per heavy atom. The molecule has 3 heterocycles. The van der Waals surface area contributed by atoms with Crippen molar-refractivity contribution in [3.05, 3.63) is 82.7 Å². The topological polar surface area (TPSA) is 102 Å². The summed E-state index contributed by atoms with van der Waals surface area (Å²) in [6, 6.07) is 13.9. The smallest absolute Gasteiger partial charge is 0.407 e. The van der Waals surface area contributed by atoms with Crippen molar-refractivity contribution in [3.8, 4) is 5.69 Å². The summed E-state index contributed by atoms with van der Waals surface area (Å²) in [4.78, 5) is 32.7. The average Bonchev–Trinajstić information content (AvgIpc) is 3.02. The monoisotopic (exact) mass is 375 g/mol. The predicted octanol–water partition coefficient (Wildman–Crippen LogP) is 3.00. The van der Waals surface area contributed by atoms with Crippen molar-refractivity contribution in [1.82, 2.24) is 19.9 Å². The van der Waals surface area contributed by atoms with Crippen LogP contribution in [0.15, 0.2) is 70.1 Å². The molecule has 0 radical (unpaired) electrons. The standard InChI is InChI=1S/C20H17N5O3/c1-13-5-6-16-17(10-13)28-20(27)25(16)15-7-9-22-18(11-15)24-19(26)23-12-14-4-2-3-8-21-14/h2-11H,12H2,1H3,(H2,22,23,24,26). The van der Waals surface area contributed by atoms with Crippen LogP contribution < -0.4 is 16.4 Å². The Kier molecular flexibility index (Phi) is 4.59. The molecule has 0 bridgehead atoms. The van der Waals surface area contributed by atoms with Crippen LogP contribution in [0.2, 0.25) is 0 Å². The first-order chi connectivity index (χ1) is 13.6. The third kappa shape index (κ3) is 3.61. The van der Waals surface area contributed by atoms with Crippen molar-refractivity contribution >= 4 is 22.9 Å². The van der Waals surface area contributed by atoms with E-state index in [1.54, 1.807) is 24.4 Å². The highest BCUT2D eigenvalue weighted by Crippen LogP contribution is 2.19. The van der Waals surface area contributed by atoms with E-state index in [4.69, 9.17) is 4.42 Å². The predicted molar refractivity (Wildman–Crippen MR) is 104 cm³/mol. The number of amides is 2. The minimum absolute atomic E-state index is 0.289. The summed E-state index contributed by atoms with van der Waals surface area (Å²) in [5.41, 5.74) is 3.43. The van der Waals surface area contributed by atoms with Crippen LogP contribution in [-0.2, 0) is 6.54 Å². The number of hydrogen-bond donors (Lipinski definition) is 2. The van der Waals surface area contributed by atoms with Crippen LogP contribution in [0.25, 0.3) is 16.8 Å². The van der Waals surface area contributed by atoms with Crippen molar-refractivity contribution in [3.63, 3.8) is 0 Å². The third-order valence-corrected chi connectivity index (χ3v) is 4.14. The maximum absolute atomic E-state index is 12.3. The molecule has 0 saturated carbocycles. The third-order valence-electron chi connectivity index (χ3n) is 4.14. The number of nitrogens with zero attached hydrogens (tertiary/aromatic N) is 3. The Morgan fingerprint density at radius 3 is 2.82 bits per heavy atom. The van der Waals surface area contributed by atoms with Gasteiger partial charge in [-0.3, -0.25) is 10.3 Å². The van der Waals surface area contributed by atoms with Gasteiger partial charge in [-0.2, -0.15) is 0 Å². The zero-order valence-electron chi connectivity index (χ0n) is 15.0. The molecule has 4 rings (SSSR count). The molecule has 0 aliphatic heterocycles. The number of benzene rings is 1. The maximum Gasteiger partial charge on any atom is 0.424 e. The molecular weight excluding hydrogens is 358 g/mol. The molecule has 0 aliphatic carbocycles. The van der Waals surface area contributed by atoms with Crippen LogP contribution in [0.3, 0.4) is 0 Å². The van der Waals surface area contributed by atoms with Crippen LogP contribution in [0.4, 0.5) is 10.6 Å². The lowest BCUT2D eigenvalue weighted by atomic mass is 10.2. The Bertz CT molecular complexity index is 1200. The van der Waals surface area contributed by atoms with Gasteiger partial charge in [-0.1, -0.05) is 12.1 Å². The number of nitrogens with one attached hydrogen (secondary N) is 2. The van der Waals surface area contributed by atoms with Gasteiger partial charge in [0.25, 0.3) is 0 Å². The van der Waals surface area contributed by atoms with Crippen LogP contribution >= 0.6 is 0 Å². The van der Waals surface area contributed by atoms with Crippen molar-refractivity contribution in [2.24, 2.45) is 0 Å². The van der Waals surface area contributed by atoms with E-state index < -0.39 is 11.8 Å². The summed E-state index contributed by atoms with van der Waals surface area (Å²) in [6.45, 7) is 2.21. The number of urea groups is 1. The molecule has 3 aromatic heterocycles.